The van der Waals surface area contributed by atoms with Crippen LogP contribution >= 0.6 is 0 Å². The summed E-state index contributed by atoms with van der Waals surface area (Å²) in [5, 5.41) is 5.68. The molecule has 0 bridgehead atoms. The largest absolute Gasteiger partial charge is 0.267 e. The van der Waals surface area contributed by atoms with E-state index in [1.165, 1.54) is 6.07 Å². The second-order valence-electron chi connectivity index (χ2n) is 5.85. The maximum Gasteiger partial charge on any atom is 0.123 e. The number of hydrogen-bond acceptors (Lipinski definition) is 2. The lowest BCUT2D eigenvalue weighted by molar-refractivity contribution is 0.626. The summed E-state index contributed by atoms with van der Waals surface area (Å²) in [7, 11) is 1.93. The molecule has 4 rings (SSSR count). The fourth-order valence-corrected chi connectivity index (χ4v) is 2.95. The first kappa shape index (κ1) is 14.6. The van der Waals surface area contributed by atoms with E-state index in [1.807, 2.05) is 54.3 Å². The van der Waals surface area contributed by atoms with Crippen LogP contribution in [-0.4, -0.2) is 14.8 Å². The lowest BCUT2D eigenvalue weighted by Crippen LogP contribution is -1.93. The second-order valence-corrected chi connectivity index (χ2v) is 5.85. The number of pyridine rings is 1. The molecule has 3 nitrogen and oxygen atoms in total. The van der Waals surface area contributed by atoms with Gasteiger partial charge in [-0.25, -0.2) is 4.39 Å². The molecule has 0 aliphatic rings. The summed E-state index contributed by atoms with van der Waals surface area (Å²) in [5.41, 5.74) is 4.79. The van der Waals surface area contributed by atoms with Crippen LogP contribution in [0.2, 0.25) is 0 Å². The van der Waals surface area contributed by atoms with E-state index in [9.17, 15) is 4.39 Å². The Morgan fingerprint density at radius 1 is 0.958 bits per heavy atom. The van der Waals surface area contributed by atoms with Crippen LogP contribution in [0.25, 0.3) is 22.3 Å². The van der Waals surface area contributed by atoms with E-state index < -0.39 is 0 Å². The monoisotopic (exact) mass is 317 g/mol. The summed E-state index contributed by atoms with van der Waals surface area (Å²) in [6, 6.07) is 18.8. The van der Waals surface area contributed by atoms with Crippen molar-refractivity contribution in [3.8, 4) is 11.4 Å². The van der Waals surface area contributed by atoms with E-state index in [-0.39, 0.29) is 5.82 Å². The maximum absolute atomic E-state index is 13.3. The van der Waals surface area contributed by atoms with Gasteiger partial charge < -0.3 is 0 Å². The van der Waals surface area contributed by atoms with E-state index >= 15 is 0 Å². The van der Waals surface area contributed by atoms with Gasteiger partial charge in [0.25, 0.3) is 0 Å². The Kier molecular flexibility index (Phi) is 3.58. The van der Waals surface area contributed by atoms with Gasteiger partial charge in [0.15, 0.2) is 0 Å². The molecule has 0 fully saturated rings. The maximum atomic E-state index is 13.3. The minimum atomic E-state index is -0.211. The minimum Gasteiger partial charge on any atom is -0.267 e. The topological polar surface area (TPSA) is 30.7 Å². The molecule has 2 aromatic carbocycles. The first-order chi connectivity index (χ1) is 11.7. The molecule has 118 valence electrons. The molecule has 4 aromatic rings. The second kappa shape index (κ2) is 5.89. The van der Waals surface area contributed by atoms with E-state index in [4.69, 9.17) is 0 Å². The van der Waals surface area contributed by atoms with Crippen LogP contribution in [0.3, 0.4) is 0 Å². The van der Waals surface area contributed by atoms with Gasteiger partial charge >= 0.3 is 0 Å². The highest BCUT2D eigenvalue weighted by molar-refractivity contribution is 5.92. The number of hydrogen-bond donors (Lipinski definition) is 0. The number of aryl methyl sites for hydroxylation is 1. The molecule has 4 heteroatoms. The van der Waals surface area contributed by atoms with E-state index in [0.717, 1.165) is 33.4 Å². The third-order valence-corrected chi connectivity index (χ3v) is 4.12. The van der Waals surface area contributed by atoms with Crippen LogP contribution in [0.15, 0.2) is 66.9 Å². The smallest absolute Gasteiger partial charge is 0.123 e. The minimum absolute atomic E-state index is 0.211. The molecule has 24 heavy (non-hydrogen) atoms. The zero-order valence-electron chi connectivity index (χ0n) is 13.3. The number of benzene rings is 2. The number of fused-ring (bicyclic) bond motifs is 1. The highest BCUT2D eigenvalue weighted by atomic mass is 19.1. The van der Waals surface area contributed by atoms with Crippen molar-refractivity contribution >= 4 is 10.9 Å². The van der Waals surface area contributed by atoms with Crippen molar-refractivity contribution in [1.29, 1.82) is 0 Å². The molecule has 0 saturated heterocycles. The lowest BCUT2D eigenvalue weighted by Gasteiger charge is -2.03. The molecule has 2 heterocycles. The zero-order chi connectivity index (χ0) is 16.5. The number of aromatic nitrogens is 3. The van der Waals surface area contributed by atoms with Gasteiger partial charge in [-0.1, -0.05) is 36.4 Å². The highest BCUT2D eigenvalue weighted by Gasteiger charge is 2.11. The zero-order valence-corrected chi connectivity index (χ0v) is 13.3. The Labute approximate surface area is 139 Å². The van der Waals surface area contributed by atoms with Crippen LogP contribution in [0.4, 0.5) is 4.39 Å². The normalized spacial score (nSPS) is 11.1. The molecular formula is C20H16FN3. The van der Waals surface area contributed by atoms with Gasteiger partial charge in [-0.3, -0.25) is 9.67 Å². The van der Waals surface area contributed by atoms with Gasteiger partial charge in [0.1, 0.15) is 11.5 Å². The van der Waals surface area contributed by atoms with Crippen molar-refractivity contribution in [3.63, 3.8) is 0 Å². The van der Waals surface area contributed by atoms with E-state index in [2.05, 4.69) is 16.1 Å². The predicted molar refractivity (Wildman–Crippen MR) is 93.2 cm³/mol. The van der Waals surface area contributed by atoms with E-state index in [0.29, 0.717) is 6.42 Å². The molecule has 0 unspecified atom stereocenters. The quantitative estimate of drug-likeness (QED) is 0.562. The van der Waals surface area contributed by atoms with Crippen molar-refractivity contribution in [3.05, 3.63) is 83.8 Å². The van der Waals surface area contributed by atoms with Crippen LogP contribution in [0, 0.1) is 5.82 Å². The van der Waals surface area contributed by atoms with Gasteiger partial charge in [-0.2, -0.15) is 5.10 Å². The summed E-state index contributed by atoms with van der Waals surface area (Å²) in [6.07, 6.45) is 2.50. The summed E-state index contributed by atoms with van der Waals surface area (Å²) in [6.45, 7) is 0. The average Bonchev–Trinajstić information content (AvgIpc) is 2.93. The molecule has 0 atom stereocenters. The van der Waals surface area contributed by atoms with Crippen LogP contribution in [-0.2, 0) is 13.5 Å². The standard InChI is InChI=1S/C20H16FN3/c1-24-19-8-3-2-7-17(19)20(23-24)18-10-9-15(13-22-18)11-14-5-4-6-16(21)12-14/h2-10,12-13H,11H2,1H3. The molecule has 0 aliphatic carbocycles. The summed E-state index contributed by atoms with van der Waals surface area (Å²) < 4.78 is 15.1. The Morgan fingerprint density at radius 2 is 1.83 bits per heavy atom. The van der Waals surface area contributed by atoms with Crippen LogP contribution < -0.4 is 0 Å². The lowest BCUT2D eigenvalue weighted by atomic mass is 10.1. The van der Waals surface area contributed by atoms with Crippen molar-refractivity contribution < 1.29 is 4.39 Å². The number of halogens is 1. The molecule has 0 radical (unpaired) electrons. The fourth-order valence-electron chi connectivity index (χ4n) is 2.95. The third kappa shape index (κ3) is 2.67. The Bertz CT molecular complexity index is 1000. The fraction of sp³-hybridized carbons (Fsp3) is 0.100. The Morgan fingerprint density at radius 3 is 2.62 bits per heavy atom. The Balaban J connectivity index is 1.66. The van der Waals surface area contributed by atoms with Gasteiger partial charge in [0.05, 0.1) is 11.2 Å². The molecule has 2 aromatic heterocycles. The number of rotatable bonds is 3. The third-order valence-electron chi connectivity index (χ3n) is 4.12. The van der Waals surface area contributed by atoms with Gasteiger partial charge in [0.2, 0.25) is 0 Å². The van der Waals surface area contributed by atoms with Crippen molar-refractivity contribution in [2.75, 3.05) is 0 Å². The van der Waals surface area contributed by atoms with Crippen molar-refractivity contribution in [2.45, 2.75) is 6.42 Å². The molecule has 0 amide bonds. The van der Waals surface area contributed by atoms with E-state index in [1.54, 1.807) is 12.1 Å². The Hall–Kier alpha value is -3.01. The van der Waals surface area contributed by atoms with Crippen LogP contribution in [0.1, 0.15) is 11.1 Å². The highest BCUT2D eigenvalue weighted by Crippen LogP contribution is 2.26. The van der Waals surface area contributed by atoms with Gasteiger partial charge in [-0.05, 0) is 41.8 Å². The summed E-state index contributed by atoms with van der Waals surface area (Å²) >= 11 is 0. The molecule has 0 N–H and O–H groups in total. The molecular weight excluding hydrogens is 301 g/mol. The summed E-state index contributed by atoms with van der Waals surface area (Å²) in [4.78, 5) is 4.56. The molecule has 0 spiro atoms. The van der Waals surface area contributed by atoms with Crippen LogP contribution in [0.5, 0.6) is 0 Å². The average molecular weight is 317 g/mol. The summed E-state index contributed by atoms with van der Waals surface area (Å²) in [5.74, 6) is -0.211. The number of para-hydroxylation sites is 1. The van der Waals surface area contributed by atoms with Gasteiger partial charge in [-0.15, -0.1) is 0 Å². The van der Waals surface area contributed by atoms with Crippen molar-refractivity contribution in [1.82, 2.24) is 14.8 Å². The van der Waals surface area contributed by atoms with Gasteiger partial charge in [0, 0.05) is 18.6 Å². The number of nitrogens with zero attached hydrogens (tertiary/aromatic N) is 3. The first-order valence-electron chi connectivity index (χ1n) is 7.82. The molecule has 0 aliphatic heterocycles. The van der Waals surface area contributed by atoms with Crippen molar-refractivity contribution in [2.24, 2.45) is 7.05 Å². The molecule has 0 saturated carbocycles. The SMILES string of the molecule is Cn1nc(-c2ccc(Cc3cccc(F)c3)cn2)c2ccccc21. The predicted octanol–water partition coefficient (Wildman–Crippen LogP) is 4.37. The first-order valence-corrected chi connectivity index (χ1v) is 7.82.